The van der Waals surface area contributed by atoms with Crippen molar-refractivity contribution in [3.63, 3.8) is 0 Å². The first kappa shape index (κ1) is 15.3. The summed E-state index contributed by atoms with van der Waals surface area (Å²) in [5.41, 5.74) is 0. The van der Waals surface area contributed by atoms with Crippen molar-refractivity contribution < 1.29 is 14.3 Å². The van der Waals surface area contributed by atoms with Gasteiger partial charge in [0.25, 0.3) is 5.91 Å². The van der Waals surface area contributed by atoms with Crippen LogP contribution < -0.4 is 15.4 Å². The first-order valence-electron chi connectivity index (χ1n) is 7.19. The van der Waals surface area contributed by atoms with Crippen LogP contribution in [0.25, 0.3) is 0 Å². The number of benzene rings is 1. The molecular weight excluding hydrogens is 270 g/mol. The van der Waals surface area contributed by atoms with Gasteiger partial charge in [0, 0.05) is 39.1 Å². The normalized spacial score (nSPS) is 14.6. The smallest absolute Gasteiger partial charge is 0.257 e. The third-order valence-electron chi connectivity index (χ3n) is 3.24. The molecule has 1 aromatic carbocycles. The van der Waals surface area contributed by atoms with Gasteiger partial charge in [-0.1, -0.05) is 18.2 Å². The molecule has 0 atom stereocenters. The summed E-state index contributed by atoms with van der Waals surface area (Å²) in [6.45, 7) is 3.46. The fourth-order valence-corrected chi connectivity index (χ4v) is 2.10. The van der Waals surface area contributed by atoms with Crippen LogP contribution in [0.4, 0.5) is 0 Å². The minimum atomic E-state index is -0.216. The summed E-state index contributed by atoms with van der Waals surface area (Å²) in [6, 6.07) is 9.16. The van der Waals surface area contributed by atoms with E-state index in [1.165, 1.54) is 0 Å². The average Bonchev–Trinajstić information content (AvgIpc) is 2.54. The maximum Gasteiger partial charge on any atom is 0.257 e. The van der Waals surface area contributed by atoms with Crippen molar-refractivity contribution in [2.24, 2.45) is 0 Å². The molecule has 0 radical (unpaired) electrons. The maximum absolute atomic E-state index is 11.9. The molecular formula is C15H21N3O3. The van der Waals surface area contributed by atoms with Gasteiger partial charge in [0.15, 0.2) is 6.61 Å². The lowest BCUT2D eigenvalue weighted by Gasteiger charge is -2.27. The van der Waals surface area contributed by atoms with Gasteiger partial charge in [0.05, 0.1) is 0 Å². The number of para-hydroxylation sites is 1. The van der Waals surface area contributed by atoms with Gasteiger partial charge in [-0.15, -0.1) is 0 Å². The molecule has 0 bridgehead atoms. The summed E-state index contributed by atoms with van der Waals surface area (Å²) in [7, 11) is 0. The number of nitrogens with one attached hydrogen (secondary N) is 2. The second-order valence-corrected chi connectivity index (χ2v) is 4.83. The Labute approximate surface area is 124 Å². The Morgan fingerprint density at radius 1 is 1.19 bits per heavy atom. The zero-order chi connectivity index (χ0) is 14.9. The highest BCUT2D eigenvalue weighted by molar-refractivity contribution is 5.79. The molecule has 0 saturated carbocycles. The highest BCUT2D eigenvalue weighted by Gasteiger charge is 2.15. The van der Waals surface area contributed by atoms with Crippen LogP contribution in [0.5, 0.6) is 5.75 Å². The Morgan fingerprint density at radius 3 is 2.62 bits per heavy atom. The fraction of sp³-hybridized carbons (Fsp3) is 0.467. The Hall–Kier alpha value is -2.08. The van der Waals surface area contributed by atoms with Gasteiger partial charge in [-0.05, 0) is 12.1 Å². The standard InChI is InChI=1S/C15H21N3O3/c19-14(12-21-13-4-2-1-3-5-13)17-7-6-15(20)18-10-8-16-9-11-18/h1-5,16H,6-12H2,(H,17,19). The van der Waals surface area contributed by atoms with Gasteiger partial charge >= 0.3 is 0 Å². The SMILES string of the molecule is O=C(COc1ccccc1)NCCC(=O)N1CCNCC1. The highest BCUT2D eigenvalue weighted by atomic mass is 16.5. The van der Waals surface area contributed by atoms with Gasteiger partial charge in [-0.3, -0.25) is 9.59 Å². The molecule has 1 fully saturated rings. The number of nitrogens with zero attached hydrogens (tertiary/aromatic N) is 1. The number of carbonyl (C=O) groups is 2. The number of piperazine rings is 1. The monoisotopic (exact) mass is 291 g/mol. The summed E-state index contributed by atoms with van der Waals surface area (Å²) in [4.78, 5) is 25.3. The van der Waals surface area contributed by atoms with E-state index in [0.29, 0.717) is 18.7 Å². The topological polar surface area (TPSA) is 70.7 Å². The van der Waals surface area contributed by atoms with Gasteiger partial charge in [-0.2, -0.15) is 0 Å². The molecule has 1 aliphatic rings. The summed E-state index contributed by atoms with van der Waals surface area (Å²) >= 11 is 0. The second-order valence-electron chi connectivity index (χ2n) is 4.83. The van der Waals surface area contributed by atoms with Crippen LogP contribution in [0.3, 0.4) is 0 Å². The van der Waals surface area contributed by atoms with Crippen molar-refractivity contribution in [1.29, 1.82) is 0 Å². The highest BCUT2D eigenvalue weighted by Crippen LogP contribution is 2.07. The molecule has 1 saturated heterocycles. The van der Waals surface area contributed by atoms with Crippen LogP contribution in [0, 0.1) is 0 Å². The Kier molecular flexibility index (Phi) is 6.02. The lowest BCUT2D eigenvalue weighted by molar-refractivity contribution is -0.131. The summed E-state index contributed by atoms with van der Waals surface area (Å²) < 4.78 is 5.33. The van der Waals surface area contributed by atoms with E-state index in [4.69, 9.17) is 4.74 Å². The third kappa shape index (κ3) is 5.43. The molecule has 2 rings (SSSR count). The average molecular weight is 291 g/mol. The van der Waals surface area contributed by atoms with Gasteiger partial charge in [-0.25, -0.2) is 0 Å². The molecule has 21 heavy (non-hydrogen) atoms. The predicted octanol–water partition coefficient (Wildman–Crippen LogP) is 0.00350. The zero-order valence-electron chi connectivity index (χ0n) is 12.0. The minimum absolute atomic E-state index is 0.0359. The molecule has 0 unspecified atom stereocenters. The van der Waals surface area contributed by atoms with Gasteiger partial charge < -0.3 is 20.3 Å². The molecule has 1 aromatic rings. The van der Waals surface area contributed by atoms with E-state index in [1.807, 2.05) is 23.1 Å². The molecule has 2 amide bonds. The molecule has 0 aromatic heterocycles. The number of amides is 2. The summed E-state index contributed by atoms with van der Waals surface area (Å²) in [5, 5.41) is 5.89. The summed E-state index contributed by atoms with van der Waals surface area (Å²) in [6.07, 6.45) is 0.330. The van der Waals surface area contributed by atoms with Crippen LogP contribution in [0.15, 0.2) is 30.3 Å². The maximum atomic E-state index is 11.9. The molecule has 6 heteroatoms. The largest absolute Gasteiger partial charge is 0.484 e. The van der Waals surface area contributed by atoms with Crippen LogP contribution in [0.2, 0.25) is 0 Å². The van der Waals surface area contributed by atoms with E-state index in [-0.39, 0.29) is 18.4 Å². The molecule has 1 heterocycles. The number of ether oxygens (including phenoxy) is 1. The van der Waals surface area contributed by atoms with E-state index >= 15 is 0 Å². The van der Waals surface area contributed by atoms with E-state index in [1.54, 1.807) is 12.1 Å². The minimum Gasteiger partial charge on any atom is -0.484 e. The van der Waals surface area contributed by atoms with Crippen molar-refractivity contribution >= 4 is 11.8 Å². The molecule has 0 spiro atoms. The Bertz CT molecular complexity index is 458. The van der Waals surface area contributed by atoms with Crippen LogP contribution >= 0.6 is 0 Å². The van der Waals surface area contributed by atoms with Crippen molar-refractivity contribution in [2.45, 2.75) is 6.42 Å². The summed E-state index contributed by atoms with van der Waals surface area (Å²) in [5.74, 6) is 0.525. The van der Waals surface area contributed by atoms with Gasteiger partial charge in [0.2, 0.25) is 5.91 Å². The Morgan fingerprint density at radius 2 is 1.90 bits per heavy atom. The van der Waals surface area contributed by atoms with Gasteiger partial charge in [0.1, 0.15) is 5.75 Å². The molecule has 1 aliphatic heterocycles. The lowest BCUT2D eigenvalue weighted by atomic mass is 10.3. The van der Waals surface area contributed by atoms with Crippen molar-refractivity contribution in [3.8, 4) is 5.75 Å². The fourth-order valence-electron chi connectivity index (χ4n) is 2.10. The van der Waals surface area contributed by atoms with Crippen LogP contribution in [-0.2, 0) is 9.59 Å². The third-order valence-corrected chi connectivity index (χ3v) is 3.24. The molecule has 6 nitrogen and oxygen atoms in total. The van der Waals surface area contributed by atoms with E-state index in [9.17, 15) is 9.59 Å². The first-order valence-corrected chi connectivity index (χ1v) is 7.19. The number of carbonyl (C=O) groups excluding carboxylic acids is 2. The quantitative estimate of drug-likeness (QED) is 0.774. The van der Waals surface area contributed by atoms with Crippen molar-refractivity contribution in [1.82, 2.24) is 15.5 Å². The van der Waals surface area contributed by atoms with E-state index < -0.39 is 0 Å². The van der Waals surface area contributed by atoms with E-state index in [0.717, 1.165) is 26.2 Å². The lowest BCUT2D eigenvalue weighted by Crippen LogP contribution is -2.47. The number of hydrogen-bond acceptors (Lipinski definition) is 4. The Balaban J connectivity index is 1.59. The van der Waals surface area contributed by atoms with Crippen LogP contribution in [0.1, 0.15) is 6.42 Å². The molecule has 0 aliphatic carbocycles. The van der Waals surface area contributed by atoms with E-state index in [2.05, 4.69) is 10.6 Å². The number of hydrogen-bond donors (Lipinski definition) is 2. The molecule has 2 N–H and O–H groups in total. The second kappa shape index (κ2) is 8.26. The van der Waals surface area contributed by atoms with Crippen molar-refractivity contribution in [2.75, 3.05) is 39.3 Å². The predicted molar refractivity (Wildman–Crippen MR) is 79.0 cm³/mol. The van der Waals surface area contributed by atoms with Crippen LogP contribution in [-0.4, -0.2) is 56.0 Å². The van der Waals surface area contributed by atoms with Crippen molar-refractivity contribution in [3.05, 3.63) is 30.3 Å². The molecule has 114 valence electrons. The zero-order valence-corrected chi connectivity index (χ0v) is 12.0. The number of rotatable bonds is 6. The first-order chi connectivity index (χ1) is 10.3.